The summed E-state index contributed by atoms with van der Waals surface area (Å²) in [7, 11) is 1.35. The molecule has 7 nitrogen and oxygen atoms in total. The first kappa shape index (κ1) is 18.3. The third-order valence-electron chi connectivity index (χ3n) is 3.59. The molecule has 1 aromatic carbocycles. The minimum Gasteiger partial charge on any atom is -0.493 e. The number of carbonyl (C=O) groups excluding carboxylic acids is 1. The van der Waals surface area contributed by atoms with Crippen molar-refractivity contribution < 1.29 is 27.6 Å². The molecule has 0 atom stereocenters. The largest absolute Gasteiger partial charge is 0.493 e. The Kier molecular flexibility index (Phi) is 5.60. The van der Waals surface area contributed by atoms with E-state index in [2.05, 4.69) is 20.2 Å². The van der Waals surface area contributed by atoms with Crippen LogP contribution in [0, 0.1) is 0 Å². The number of hydrogen-bond acceptors (Lipinski definition) is 6. The molecule has 27 heavy (non-hydrogen) atoms. The molecule has 3 aromatic rings. The molecule has 0 aliphatic heterocycles. The highest BCUT2D eigenvalue weighted by molar-refractivity contribution is 5.93. The fraction of sp³-hybridized carbons (Fsp3) is 0.167. The lowest BCUT2D eigenvalue weighted by atomic mass is 10.2. The number of benzene rings is 1. The summed E-state index contributed by atoms with van der Waals surface area (Å²) < 4.78 is 39.5. The Morgan fingerprint density at radius 1 is 1.26 bits per heavy atom. The Labute approximate surface area is 152 Å². The molecular weight excluding hydrogens is 360 g/mol. The van der Waals surface area contributed by atoms with E-state index in [9.17, 15) is 13.6 Å². The van der Waals surface area contributed by atoms with E-state index in [1.54, 1.807) is 30.6 Å². The van der Waals surface area contributed by atoms with Gasteiger partial charge >= 0.3 is 6.61 Å². The molecule has 2 heterocycles. The van der Waals surface area contributed by atoms with Crippen LogP contribution in [0.25, 0.3) is 11.3 Å². The van der Waals surface area contributed by atoms with Crippen LogP contribution in [-0.2, 0) is 6.54 Å². The predicted molar refractivity (Wildman–Crippen MR) is 90.5 cm³/mol. The Bertz CT molecular complexity index is 916. The molecule has 0 radical (unpaired) electrons. The summed E-state index contributed by atoms with van der Waals surface area (Å²) >= 11 is 0. The number of nitrogens with one attached hydrogen (secondary N) is 1. The van der Waals surface area contributed by atoms with Crippen molar-refractivity contribution in [3.8, 4) is 22.8 Å². The van der Waals surface area contributed by atoms with Crippen molar-refractivity contribution >= 4 is 5.91 Å². The van der Waals surface area contributed by atoms with E-state index in [1.165, 1.54) is 25.3 Å². The fourth-order valence-electron chi connectivity index (χ4n) is 2.32. The number of carbonyl (C=O) groups is 1. The number of methoxy groups -OCH3 is 1. The Hall–Kier alpha value is -3.49. The second-order valence-electron chi connectivity index (χ2n) is 5.36. The van der Waals surface area contributed by atoms with Crippen molar-refractivity contribution in [2.75, 3.05) is 7.11 Å². The molecule has 1 amide bonds. The van der Waals surface area contributed by atoms with Gasteiger partial charge in [0.1, 0.15) is 0 Å². The zero-order valence-corrected chi connectivity index (χ0v) is 14.2. The van der Waals surface area contributed by atoms with Crippen LogP contribution in [0.3, 0.4) is 0 Å². The summed E-state index contributed by atoms with van der Waals surface area (Å²) in [6.07, 6.45) is 3.21. The van der Waals surface area contributed by atoms with Crippen molar-refractivity contribution in [1.29, 1.82) is 0 Å². The van der Waals surface area contributed by atoms with Crippen molar-refractivity contribution in [2.24, 2.45) is 0 Å². The molecule has 140 valence electrons. The predicted octanol–water partition coefficient (Wildman–Crippen LogP) is 3.28. The first-order valence-electron chi connectivity index (χ1n) is 7.84. The van der Waals surface area contributed by atoms with Gasteiger partial charge in [-0.05, 0) is 29.8 Å². The number of amides is 1. The highest BCUT2D eigenvalue weighted by Gasteiger charge is 2.15. The van der Waals surface area contributed by atoms with Gasteiger partial charge in [-0.15, -0.1) is 0 Å². The minimum absolute atomic E-state index is 0.0809. The van der Waals surface area contributed by atoms with Crippen LogP contribution in [-0.4, -0.2) is 29.8 Å². The molecule has 0 saturated heterocycles. The lowest BCUT2D eigenvalue weighted by Gasteiger charge is -2.11. The van der Waals surface area contributed by atoms with E-state index in [1.807, 2.05) is 0 Å². The lowest BCUT2D eigenvalue weighted by molar-refractivity contribution is -0.0512. The van der Waals surface area contributed by atoms with Gasteiger partial charge in [0.15, 0.2) is 23.0 Å². The Balaban J connectivity index is 1.66. The van der Waals surface area contributed by atoms with Crippen LogP contribution >= 0.6 is 0 Å². The number of halogens is 2. The topological polar surface area (TPSA) is 86.5 Å². The second kappa shape index (κ2) is 8.26. The van der Waals surface area contributed by atoms with Crippen LogP contribution in [0.4, 0.5) is 8.78 Å². The number of ether oxygens (including phenoxy) is 2. The van der Waals surface area contributed by atoms with Crippen LogP contribution in [0.15, 0.2) is 53.3 Å². The maximum Gasteiger partial charge on any atom is 0.387 e. The molecule has 0 fully saturated rings. The zero-order valence-electron chi connectivity index (χ0n) is 14.2. The van der Waals surface area contributed by atoms with Gasteiger partial charge < -0.3 is 19.3 Å². The minimum atomic E-state index is -2.98. The lowest BCUT2D eigenvalue weighted by Crippen LogP contribution is -2.23. The first-order valence-corrected chi connectivity index (χ1v) is 7.84. The smallest absolute Gasteiger partial charge is 0.387 e. The highest BCUT2D eigenvalue weighted by atomic mass is 19.3. The maximum absolute atomic E-state index is 12.5. The number of rotatable bonds is 7. The van der Waals surface area contributed by atoms with Gasteiger partial charge in [-0.2, -0.15) is 8.78 Å². The summed E-state index contributed by atoms with van der Waals surface area (Å²) in [5, 5.41) is 6.37. The fourth-order valence-corrected chi connectivity index (χ4v) is 2.32. The summed E-state index contributed by atoms with van der Waals surface area (Å²) in [6.45, 7) is -2.90. The molecule has 3 rings (SSSR count). The SMILES string of the molecule is COc1ccc(CNC(=O)c2cc(-c3cccnc3)on2)cc1OC(F)F. The molecule has 0 aliphatic carbocycles. The van der Waals surface area contributed by atoms with E-state index < -0.39 is 12.5 Å². The Morgan fingerprint density at radius 3 is 2.81 bits per heavy atom. The van der Waals surface area contributed by atoms with Gasteiger partial charge in [0, 0.05) is 30.6 Å². The van der Waals surface area contributed by atoms with Gasteiger partial charge in [-0.3, -0.25) is 9.78 Å². The number of hydrogen-bond donors (Lipinski definition) is 1. The van der Waals surface area contributed by atoms with Crippen molar-refractivity contribution in [3.05, 3.63) is 60.0 Å². The Morgan fingerprint density at radius 2 is 2.11 bits per heavy atom. The van der Waals surface area contributed by atoms with Gasteiger partial charge in [-0.25, -0.2) is 0 Å². The molecule has 0 spiro atoms. The van der Waals surface area contributed by atoms with E-state index in [0.29, 0.717) is 16.9 Å². The third kappa shape index (κ3) is 4.57. The number of nitrogens with zero attached hydrogens (tertiary/aromatic N) is 2. The van der Waals surface area contributed by atoms with Crippen LogP contribution in [0.2, 0.25) is 0 Å². The van der Waals surface area contributed by atoms with E-state index >= 15 is 0 Å². The average Bonchev–Trinajstić information content (AvgIpc) is 3.17. The van der Waals surface area contributed by atoms with Crippen LogP contribution in [0.5, 0.6) is 11.5 Å². The van der Waals surface area contributed by atoms with Crippen molar-refractivity contribution in [2.45, 2.75) is 13.2 Å². The third-order valence-corrected chi connectivity index (χ3v) is 3.59. The number of pyridine rings is 1. The molecule has 0 saturated carbocycles. The average molecular weight is 375 g/mol. The van der Waals surface area contributed by atoms with Crippen molar-refractivity contribution in [3.63, 3.8) is 0 Å². The molecule has 0 aliphatic rings. The van der Waals surface area contributed by atoms with Crippen molar-refractivity contribution in [1.82, 2.24) is 15.5 Å². The maximum atomic E-state index is 12.5. The summed E-state index contributed by atoms with van der Waals surface area (Å²) in [4.78, 5) is 16.2. The molecule has 0 bridgehead atoms. The number of aromatic nitrogens is 2. The van der Waals surface area contributed by atoms with Gasteiger partial charge in [0.05, 0.1) is 7.11 Å². The first-order chi connectivity index (χ1) is 13.1. The molecule has 0 unspecified atom stereocenters. The van der Waals surface area contributed by atoms with E-state index in [-0.39, 0.29) is 23.7 Å². The normalized spacial score (nSPS) is 10.7. The molecule has 9 heteroatoms. The van der Waals surface area contributed by atoms with Gasteiger partial charge in [0.2, 0.25) is 0 Å². The van der Waals surface area contributed by atoms with E-state index in [0.717, 1.165) is 0 Å². The summed E-state index contributed by atoms with van der Waals surface area (Å²) in [5.74, 6) is -0.00566. The molecule has 2 aromatic heterocycles. The highest BCUT2D eigenvalue weighted by Crippen LogP contribution is 2.29. The second-order valence-corrected chi connectivity index (χ2v) is 5.36. The summed E-state index contributed by atoms with van der Waals surface area (Å²) in [5.41, 5.74) is 1.33. The number of alkyl halides is 2. The quantitative estimate of drug-likeness (QED) is 0.682. The van der Waals surface area contributed by atoms with Crippen LogP contribution < -0.4 is 14.8 Å². The molecular formula is C18H15F2N3O4. The van der Waals surface area contributed by atoms with E-state index in [4.69, 9.17) is 9.26 Å². The molecule has 1 N–H and O–H groups in total. The van der Waals surface area contributed by atoms with Crippen LogP contribution in [0.1, 0.15) is 16.1 Å². The van der Waals surface area contributed by atoms with Gasteiger partial charge in [0.25, 0.3) is 5.91 Å². The monoisotopic (exact) mass is 375 g/mol. The standard InChI is InChI=1S/C18H15F2N3O4/c1-25-14-5-4-11(7-16(14)26-18(19)20)9-22-17(24)13-8-15(27-23-13)12-3-2-6-21-10-12/h2-8,10,18H,9H2,1H3,(H,22,24). The zero-order chi connectivity index (χ0) is 19.2. The summed E-state index contributed by atoms with van der Waals surface area (Å²) in [6, 6.07) is 9.48. The van der Waals surface area contributed by atoms with Gasteiger partial charge in [-0.1, -0.05) is 11.2 Å².